The van der Waals surface area contributed by atoms with Crippen LogP contribution in [0.15, 0.2) is 36.5 Å². The van der Waals surface area contributed by atoms with Crippen LogP contribution in [0.5, 0.6) is 0 Å². The van der Waals surface area contributed by atoms with E-state index in [1.54, 1.807) is 0 Å². The number of phosphoric ester groups is 1. The number of rotatable bonds is 20. The van der Waals surface area contributed by atoms with Crippen molar-refractivity contribution >= 4 is 13.8 Å². The lowest BCUT2D eigenvalue weighted by molar-refractivity contribution is -0.147. The second-order valence-corrected chi connectivity index (χ2v) is 8.70. The lowest BCUT2D eigenvalue weighted by Gasteiger charge is -2.12. The normalized spacial score (nSPS) is 13.5. The zero-order chi connectivity index (χ0) is 23.2. The minimum atomic E-state index is -4.63. The number of aliphatic hydroxyl groups excluding tert-OH is 1. The van der Waals surface area contributed by atoms with E-state index in [9.17, 15) is 14.5 Å². The standard InChI is InChI=1S/C23H41O7P/c1-2-3-4-5-6-7-8-9-10-11-12-13-14-15-16-17-18-19-23(25)29-20-22(24)21-30-31(26,27)28/h6-7,9-10,12-13,22,24H,2-5,8,11,14-21H2,1H3,(H2,26,27,28)/b7-6-,10-9-,13-12-/t22-/m1/s1. The van der Waals surface area contributed by atoms with Gasteiger partial charge in [0.15, 0.2) is 0 Å². The van der Waals surface area contributed by atoms with Crippen LogP contribution in [0.1, 0.15) is 84.0 Å². The van der Waals surface area contributed by atoms with E-state index in [0.717, 1.165) is 38.5 Å². The molecule has 3 N–H and O–H groups in total. The summed E-state index contributed by atoms with van der Waals surface area (Å²) < 4.78 is 19.5. The van der Waals surface area contributed by atoms with Crippen LogP contribution in [0.3, 0.4) is 0 Å². The van der Waals surface area contributed by atoms with Gasteiger partial charge in [-0.05, 0) is 44.9 Å². The number of carbonyl (C=O) groups excluding carboxylic acids is 1. The van der Waals surface area contributed by atoms with E-state index in [2.05, 4.69) is 47.9 Å². The Hall–Kier alpha value is -1.24. The van der Waals surface area contributed by atoms with Gasteiger partial charge in [-0.2, -0.15) is 0 Å². The number of hydrogen-bond donors (Lipinski definition) is 3. The van der Waals surface area contributed by atoms with Crippen LogP contribution in [0.25, 0.3) is 0 Å². The fourth-order valence-corrected chi connectivity index (χ4v) is 3.03. The van der Waals surface area contributed by atoms with E-state index in [0.29, 0.717) is 6.42 Å². The van der Waals surface area contributed by atoms with Crippen LogP contribution < -0.4 is 0 Å². The molecule has 8 heteroatoms. The first-order chi connectivity index (χ1) is 14.8. The molecule has 0 aliphatic heterocycles. The van der Waals surface area contributed by atoms with E-state index < -0.39 is 26.5 Å². The van der Waals surface area contributed by atoms with Crippen molar-refractivity contribution in [3.8, 4) is 0 Å². The average molecular weight is 461 g/mol. The van der Waals surface area contributed by atoms with Gasteiger partial charge in [0.1, 0.15) is 12.7 Å². The average Bonchev–Trinajstić information content (AvgIpc) is 2.72. The number of unbranched alkanes of at least 4 members (excludes halogenated alkanes) is 7. The van der Waals surface area contributed by atoms with Gasteiger partial charge >= 0.3 is 13.8 Å². The maximum atomic E-state index is 11.6. The van der Waals surface area contributed by atoms with Gasteiger partial charge in [-0.3, -0.25) is 9.32 Å². The summed E-state index contributed by atoms with van der Waals surface area (Å²) in [6.45, 7) is 1.29. The van der Waals surface area contributed by atoms with Gasteiger partial charge < -0.3 is 19.6 Å². The second kappa shape index (κ2) is 20.7. The fraction of sp³-hybridized carbons (Fsp3) is 0.696. The van der Waals surface area contributed by atoms with Gasteiger partial charge in [0.25, 0.3) is 0 Å². The summed E-state index contributed by atoms with van der Waals surface area (Å²) in [7, 11) is -4.63. The van der Waals surface area contributed by atoms with Gasteiger partial charge in [0.05, 0.1) is 6.61 Å². The maximum Gasteiger partial charge on any atom is 0.469 e. The highest BCUT2D eigenvalue weighted by atomic mass is 31.2. The molecular weight excluding hydrogens is 419 g/mol. The summed E-state index contributed by atoms with van der Waals surface area (Å²) >= 11 is 0. The van der Waals surface area contributed by atoms with Crippen molar-refractivity contribution in [2.45, 2.75) is 90.1 Å². The molecule has 1 atom stereocenters. The van der Waals surface area contributed by atoms with Crippen molar-refractivity contribution < 1.29 is 33.5 Å². The predicted octanol–water partition coefficient (Wildman–Crippen LogP) is 5.37. The highest BCUT2D eigenvalue weighted by molar-refractivity contribution is 7.46. The maximum absolute atomic E-state index is 11.6. The Morgan fingerprint density at radius 3 is 1.97 bits per heavy atom. The van der Waals surface area contributed by atoms with Crippen LogP contribution in [0.4, 0.5) is 0 Å². The van der Waals surface area contributed by atoms with Gasteiger partial charge in [-0.15, -0.1) is 0 Å². The van der Waals surface area contributed by atoms with Gasteiger partial charge in [0.2, 0.25) is 0 Å². The molecule has 180 valence electrons. The minimum Gasteiger partial charge on any atom is -0.463 e. The first-order valence-electron chi connectivity index (χ1n) is 11.3. The fourth-order valence-electron chi connectivity index (χ4n) is 2.67. The Kier molecular flexibility index (Phi) is 19.8. The summed E-state index contributed by atoms with van der Waals surface area (Å²) in [6, 6.07) is 0. The number of hydrogen-bond acceptors (Lipinski definition) is 5. The molecule has 0 aliphatic rings. The van der Waals surface area contributed by atoms with Crippen LogP contribution in [-0.4, -0.2) is 40.2 Å². The first-order valence-corrected chi connectivity index (χ1v) is 12.9. The molecule has 0 spiro atoms. The molecule has 0 rings (SSSR count). The molecule has 0 saturated carbocycles. The zero-order valence-electron chi connectivity index (χ0n) is 18.9. The summed E-state index contributed by atoms with van der Waals surface area (Å²) in [4.78, 5) is 28.6. The molecule has 0 heterocycles. The molecule has 0 aromatic carbocycles. The van der Waals surface area contributed by atoms with Crippen LogP contribution >= 0.6 is 7.82 Å². The van der Waals surface area contributed by atoms with Gasteiger partial charge in [-0.25, -0.2) is 4.57 Å². The highest BCUT2D eigenvalue weighted by Gasteiger charge is 2.17. The molecule has 0 aromatic heterocycles. The molecule has 0 fully saturated rings. The quantitative estimate of drug-likeness (QED) is 0.0969. The molecule has 0 amide bonds. The summed E-state index contributed by atoms with van der Waals surface area (Å²) in [5, 5.41) is 9.42. The molecule has 0 saturated heterocycles. The number of ether oxygens (including phenoxy) is 1. The number of allylic oxidation sites excluding steroid dienone is 6. The Morgan fingerprint density at radius 1 is 0.839 bits per heavy atom. The molecule has 0 unspecified atom stereocenters. The Balaban J connectivity index is 3.49. The zero-order valence-corrected chi connectivity index (χ0v) is 19.8. The van der Waals surface area contributed by atoms with Crippen molar-refractivity contribution in [3.05, 3.63) is 36.5 Å². The lowest BCUT2D eigenvalue weighted by Crippen LogP contribution is -2.23. The Bertz CT molecular complexity index is 566. The third-order valence-corrected chi connectivity index (χ3v) is 4.88. The molecule has 0 aliphatic carbocycles. The van der Waals surface area contributed by atoms with Crippen LogP contribution in [0.2, 0.25) is 0 Å². The molecule has 31 heavy (non-hydrogen) atoms. The largest absolute Gasteiger partial charge is 0.469 e. The van der Waals surface area contributed by atoms with Crippen molar-refractivity contribution in [2.24, 2.45) is 0 Å². The minimum absolute atomic E-state index is 0.264. The molecule has 0 radical (unpaired) electrons. The molecule has 0 aromatic rings. The van der Waals surface area contributed by atoms with Gasteiger partial charge in [0, 0.05) is 6.42 Å². The predicted molar refractivity (Wildman–Crippen MR) is 123 cm³/mol. The van der Waals surface area contributed by atoms with E-state index in [-0.39, 0.29) is 13.0 Å². The Labute approximate surface area is 187 Å². The van der Waals surface area contributed by atoms with Crippen molar-refractivity contribution in [1.82, 2.24) is 0 Å². The monoisotopic (exact) mass is 460 g/mol. The van der Waals surface area contributed by atoms with E-state index in [4.69, 9.17) is 14.5 Å². The lowest BCUT2D eigenvalue weighted by atomic mass is 10.1. The number of carbonyl (C=O) groups is 1. The first kappa shape index (κ1) is 29.8. The third kappa shape index (κ3) is 24.9. The second-order valence-electron chi connectivity index (χ2n) is 7.46. The number of esters is 1. The van der Waals surface area contributed by atoms with Crippen molar-refractivity contribution in [3.63, 3.8) is 0 Å². The van der Waals surface area contributed by atoms with E-state index in [1.807, 2.05) is 0 Å². The van der Waals surface area contributed by atoms with E-state index in [1.165, 1.54) is 25.7 Å². The number of aliphatic hydroxyl groups is 1. The number of phosphoric acid groups is 1. The summed E-state index contributed by atoms with van der Waals surface area (Å²) in [6.07, 6.45) is 24.1. The van der Waals surface area contributed by atoms with Crippen molar-refractivity contribution in [1.29, 1.82) is 0 Å². The Morgan fingerprint density at radius 2 is 1.39 bits per heavy atom. The smallest absolute Gasteiger partial charge is 0.463 e. The van der Waals surface area contributed by atoms with E-state index >= 15 is 0 Å². The third-order valence-electron chi connectivity index (χ3n) is 4.39. The highest BCUT2D eigenvalue weighted by Crippen LogP contribution is 2.35. The topological polar surface area (TPSA) is 113 Å². The van der Waals surface area contributed by atoms with Crippen LogP contribution in [0, 0.1) is 0 Å². The van der Waals surface area contributed by atoms with Crippen molar-refractivity contribution in [2.75, 3.05) is 13.2 Å². The molecular formula is C23H41O7P. The molecule has 7 nitrogen and oxygen atoms in total. The van der Waals surface area contributed by atoms with Gasteiger partial charge in [-0.1, -0.05) is 69.1 Å². The SMILES string of the molecule is CCCCC/C=C\C/C=C\C/C=C\CCCCCCC(=O)OC[C@@H](O)COP(=O)(O)O. The summed E-state index contributed by atoms with van der Waals surface area (Å²) in [5.41, 5.74) is 0. The molecule has 0 bridgehead atoms. The summed E-state index contributed by atoms with van der Waals surface area (Å²) in [5.74, 6) is -0.433. The van der Waals surface area contributed by atoms with Crippen LogP contribution in [-0.2, 0) is 18.6 Å².